The Morgan fingerprint density at radius 1 is 1.43 bits per heavy atom. The Morgan fingerprint density at radius 2 is 2.22 bits per heavy atom. The molecule has 4 N–H and O–H groups in total. The van der Waals surface area contributed by atoms with Crippen LogP contribution in [0.2, 0.25) is 0 Å². The van der Waals surface area contributed by atoms with Crippen molar-refractivity contribution in [2.45, 2.75) is 12.6 Å². The number of aliphatic hydroxyl groups is 1. The second-order valence-corrected chi connectivity index (χ2v) is 6.37. The summed E-state index contributed by atoms with van der Waals surface area (Å²) in [7, 11) is -4.24. The molecule has 1 atom stereocenters. The number of nitrogens with one attached hydrogen (secondary N) is 1. The van der Waals surface area contributed by atoms with Crippen LogP contribution in [0.1, 0.15) is 0 Å². The van der Waals surface area contributed by atoms with Gasteiger partial charge in [0.1, 0.15) is 18.2 Å². The molecule has 2 aromatic heterocycles. The summed E-state index contributed by atoms with van der Waals surface area (Å²) >= 11 is 0. The Balaban J connectivity index is 2.07. The van der Waals surface area contributed by atoms with Crippen molar-refractivity contribution in [3.05, 3.63) is 25.3 Å². The monoisotopic (exact) mass is 343 g/mol. The number of anilines is 1. The van der Waals surface area contributed by atoms with E-state index in [-0.39, 0.29) is 13.2 Å². The molecule has 2 aromatic rings. The lowest BCUT2D eigenvalue weighted by Gasteiger charge is -2.14. The largest absolute Gasteiger partial charge is 0.389 e. The highest BCUT2D eigenvalue weighted by molar-refractivity contribution is 7.51. The van der Waals surface area contributed by atoms with Crippen LogP contribution in [0.5, 0.6) is 0 Å². The molecule has 2 rings (SSSR count). The minimum atomic E-state index is -4.24. The molecule has 0 aliphatic heterocycles. The fraction of sp³-hybridized carbons (Fsp3) is 0.417. The van der Waals surface area contributed by atoms with Gasteiger partial charge >= 0.3 is 7.60 Å². The van der Waals surface area contributed by atoms with Gasteiger partial charge in [-0.2, -0.15) is 0 Å². The number of aliphatic hydroxyl groups excluding tert-OH is 1. The average molecular weight is 343 g/mol. The van der Waals surface area contributed by atoms with Crippen molar-refractivity contribution in [3.8, 4) is 0 Å². The van der Waals surface area contributed by atoms with Crippen LogP contribution in [0.3, 0.4) is 0 Å². The number of aromatic nitrogens is 4. The molecule has 10 nitrogen and oxygen atoms in total. The number of rotatable bonds is 9. The van der Waals surface area contributed by atoms with E-state index in [4.69, 9.17) is 14.5 Å². The number of hydrogen-bond donors (Lipinski definition) is 4. The number of nitrogens with zero attached hydrogens (tertiary/aromatic N) is 4. The Morgan fingerprint density at radius 3 is 2.91 bits per heavy atom. The third kappa shape index (κ3) is 5.08. The molecule has 11 heteroatoms. The predicted molar refractivity (Wildman–Crippen MR) is 82.9 cm³/mol. The van der Waals surface area contributed by atoms with Gasteiger partial charge in [-0.3, -0.25) is 4.57 Å². The second kappa shape index (κ2) is 7.62. The number of imidazole rings is 1. The highest BCUT2D eigenvalue weighted by atomic mass is 31.2. The first-order chi connectivity index (χ1) is 10.9. The van der Waals surface area contributed by atoms with Crippen molar-refractivity contribution in [3.63, 3.8) is 0 Å². The van der Waals surface area contributed by atoms with Crippen LogP contribution < -0.4 is 5.32 Å². The van der Waals surface area contributed by atoms with Crippen molar-refractivity contribution in [1.29, 1.82) is 0 Å². The fourth-order valence-corrected chi connectivity index (χ4v) is 2.28. The van der Waals surface area contributed by atoms with E-state index in [1.807, 2.05) is 0 Å². The first-order valence-electron chi connectivity index (χ1n) is 6.71. The van der Waals surface area contributed by atoms with Gasteiger partial charge in [-0.1, -0.05) is 6.08 Å². The highest BCUT2D eigenvalue weighted by Crippen LogP contribution is 2.33. The molecule has 0 amide bonds. The first kappa shape index (κ1) is 17.5. The predicted octanol–water partition coefficient (Wildman–Crippen LogP) is -0.0631. The molecular formula is C12H18N5O5P. The zero-order chi connectivity index (χ0) is 16.9. The second-order valence-electron chi connectivity index (χ2n) is 4.78. The zero-order valence-electron chi connectivity index (χ0n) is 12.2. The lowest BCUT2D eigenvalue weighted by atomic mass is 10.3. The van der Waals surface area contributed by atoms with Crippen molar-refractivity contribution >= 4 is 24.6 Å². The molecule has 0 fully saturated rings. The lowest BCUT2D eigenvalue weighted by molar-refractivity contribution is 0.0414. The van der Waals surface area contributed by atoms with E-state index in [0.29, 0.717) is 23.5 Å². The Labute approximate surface area is 132 Å². The van der Waals surface area contributed by atoms with Crippen LogP contribution in [-0.4, -0.2) is 60.0 Å². The summed E-state index contributed by atoms with van der Waals surface area (Å²) in [4.78, 5) is 29.7. The van der Waals surface area contributed by atoms with Crippen molar-refractivity contribution in [2.75, 3.05) is 24.8 Å². The average Bonchev–Trinajstić information content (AvgIpc) is 2.87. The maximum atomic E-state index is 10.7. The quantitative estimate of drug-likeness (QED) is 0.363. The van der Waals surface area contributed by atoms with E-state index in [2.05, 4.69) is 26.8 Å². The molecule has 0 saturated heterocycles. The Hall–Kier alpha value is -1.84. The smallest absolute Gasteiger partial charge is 0.350 e. The summed E-state index contributed by atoms with van der Waals surface area (Å²) in [5.74, 6) is 0.552. The third-order valence-corrected chi connectivity index (χ3v) is 3.32. The SMILES string of the molecule is C=CCNc1ncnc2ncn(CC(O)COCP(=O)(O)O)c12. The van der Waals surface area contributed by atoms with E-state index >= 15 is 0 Å². The lowest BCUT2D eigenvalue weighted by Crippen LogP contribution is -2.22. The molecule has 0 bridgehead atoms. The van der Waals surface area contributed by atoms with Gasteiger partial charge in [-0.25, -0.2) is 15.0 Å². The minimum absolute atomic E-state index is 0.119. The summed E-state index contributed by atoms with van der Waals surface area (Å²) in [5.41, 5.74) is 1.08. The Kier molecular flexibility index (Phi) is 5.80. The standard InChI is InChI=1S/C12H18N5O5P/c1-2-3-13-11-10-12(15-6-14-11)16-7-17(10)4-9(18)5-22-8-23(19,20)21/h2,6-7,9,18H,1,3-5,8H2,(H,13,14,15)(H2,19,20,21). The van der Waals surface area contributed by atoms with E-state index in [1.165, 1.54) is 12.7 Å². The van der Waals surface area contributed by atoms with Gasteiger partial charge in [-0.05, 0) is 0 Å². The van der Waals surface area contributed by atoms with Crippen molar-refractivity contribution in [1.82, 2.24) is 19.5 Å². The molecule has 126 valence electrons. The maximum Gasteiger partial charge on any atom is 0.350 e. The van der Waals surface area contributed by atoms with Crippen LogP contribution in [0, 0.1) is 0 Å². The maximum absolute atomic E-state index is 10.7. The van der Waals surface area contributed by atoms with E-state index in [1.54, 1.807) is 10.6 Å². The highest BCUT2D eigenvalue weighted by Gasteiger charge is 2.16. The summed E-state index contributed by atoms with van der Waals surface area (Å²) in [6.07, 6.45) is 2.87. The van der Waals surface area contributed by atoms with Crippen molar-refractivity contribution < 1.29 is 24.2 Å². The third-order valence-electron chi connectivity index (χ3n) is 2.80. The molecule has 0 aliphatic rings. The van der Waals surface area contributed by atoms with Gasteiger partial charge in [0, 0.05) is 6.54 Å². The molecule has 0 aromatic carbocycles. The summed E-state index contributed by atoms with van der Waals surface area (Å²) in [6.45, 7) is 4.03. The fourth-order valence-electron chi connectivity index (χ4n) is 1.93. The van der Waals surface area contributed by atoms with Gasteiger partial charge in [0.05, 0.1) is 25.6 Å². The molecule has 2 heterocycles. The van der Waals surface area contributed by atoms with Gasteiger partial charge in [-0.15, -0.1) is 6.58 Å². The van der Waals surface area contributed by atoms with Gasteiger partial charge in [0.25, 0.3) is 0 Å². The number of fused-ring (bicyclic) bond motifs is 1. The molecule has 0 spiro atoms. The number of ether oxygens (including phenoxy) is 1. The van der Waals surface area contributed by atoms with Crippen LogP contribution in [0.4, 0.5) is 5.82 Å². The van der Waals surface area contributed by atoms with E-state index in [0.717, 1.165) is 0 Å². The molecule has 1 unspecified atom stereocenters. The van der Waals surface area contributed by atoms with Gasteiger partial charge in [0.2, 0.25) is 0 Å². The summed E-state index contributed by atoms with van der Waals surface area (Å²) in [5, 5.41) is 13.0. The summed E-state index contributed by atoms with van der Waals surface area (Å²) < 4.78 is 17.1. The van der Waals surface area contributed by atoms with Crippen LogP contribution in [-0.2, 0) is 15.8 Å². The molecular weight excluding hydrogens is 325 g/mol. The van der Waals surface area contributed by atoms with E-state index < -0.39 is 20.0 Å². The zero-order valence-corrected chi connectivity index (χ0v) is 13.1. The van der Waals surface area contributed by atoms with Crippen molar-refractivity contribution in [2.24, 2.45) is 0 Å². The molecule has 0 aliphatic carbocycles. The Bertz CT molecular complexity index is 715. The normalized spacial score (nSPS) is 13.2. The number of hydrogen-bond acceptors (Lipinski definition) is 7. The minimum Gasteiger partial charge on any atom is -0.389 e. The topological polar surface area (TPSA) is 143 Å². The molecule has 23 heavy (non-hydrogen) atoms. The summed E-state index contributed by atoms with van der Waals surface area (Å²) in [6, 6.07) is 0. The van der Waals surface area contributed by atoms with Crippen LogP contribution in [0.25, 0.3) is 11.2 Å². The van der Waals surface area contributed by atoms with E-state index in [9.17, 15) is 9.67 Å². The van der Waals surface area contributed by atoms with Gasteiger partial charge < -0.3 is 29.5 Å². The van der Waals surface area contributed by atoms with Gasteiger partial charge in [0.15, 0.2) is 11.5 Å². The molecule has 0 saturated carbocycles. The van der Waals surface area contributed by atoms with Crippen LogP contribution >= 0.6 is 7.60 Å². The first-order valence-corrected chi connectivity index (χ1v) is 8.51. The molecule has 0 radical (unpaired) electrons. The van der Waals surface area contributed by atoms with Crippen LogP contribution in [0.15, 0.2) is 25.3 Å².